The van der Waals surface area contributed by atoms with E-state index in [9.17, 15) is 5.11 Å². The highest BCUT2D eigenvalue weighted by molar-refractivity contribution is 5.83. The minimum absolute atomic E-state index is 0.218. The zero-order chi connectivity index (χ0) is 12.5. The van der Waals surface area contributed by atoms with Gasteiger partial charge in [-0.2, -0.15) is 0 Å². The number of rotatable bonds is 2. The Morgan fingerprint density at radius 1 is 1.17 bits per heavy atom. The molecule has 4 N–H and O–H groups in total. The molecule has 0 fully saturated rings. The van der Waals surface area contributed by atoms with E-state index in [0.717, 1.165) is 16.5 Å². The van der Waals surface area contributed by atoms with Crippen LogP contribution in [0.15, 0.2) is 47.0 Å². The summed E-state index contributed by atoms with van der Waals surface area (Å²) in [7, 11) is 0. The zero-order valence-electron chi connectivity index (χ0n) is 9.42. The fourth-order valence-electron chi connectivity index (χ4n) is 1.80. The number of furan rings is 1. The summed E-state index contributed by atoms with van der Waals surface area (Å²) in [5.41, 5.74) is 4.04. The number of aromatic nitrogens is 1. The van der Waals surface area contributed by atoms with E-state index in [1.807, 2.05) is 12.1 Å². The number of nitrogens with two attached hydrogens (primary N) is 1. The molecule has 5 heteroatoms. The fourth-order valence-corrected chi connectivity index (χ4v) is 1.80. The van der Waals surface area contributed by atoms with Crippen molar-refractivity contribution in [2.45, 2.75) is 0 Å². The topological polar surface area (TPSA) is 84.3 Å². The van der Waals surface area contributed by atoms with Crippen molar-refractivity contribution < 1.29 is 9.52 Å². The molecule has 2 heterocycles. The van der Waals surface area contributed by atoms with E-state index in [0.29, 0.717) is 11.6 Å². The van der Waals surface area contributed by atoms with Crippen molar-refractivity contribution in [3.05, 3.63) is 42.6 Å². The number of aromatic hydroxyl groups is 1. The van der Waals surface area contributed by atoms with Crippen molar-refractivity contribution in [3.63, 3.8) is 0 Å². The van der Waals surface area contributed by atoms with Gasteiger partial charge < -0.3 is 14.9 Å². The van der Waals surface area contributed by atoms with Gasteiger partial charge in [0.15, 0.2) is 0 Å². The third-order valence-corrected chi connectivity index (χ3v) is 2.70. The molecule has 18 heavy (non-hydrogen) atoms. The highest BCUT2D eigenvalue weighted by Crippen LogP contribution is 2.29. The number of anilines is 1. The van der Waals surface area contributed by atoms with E-state index in [-0.39, 0.29) is 5.75 Å². The normalized spacial score (nSPS) is 10.7. The molecule has 0 bridgehead atoms. The molecule has 2 aromatic heterocycles. The first-order chi connectivity index (χ1) is 8.76. The molecule has 0 aliphatic carbocycles. The van der Waals surface area contributed by atoms with Crippen molar-refractivity contribution in [2.24, 2.45) is 5.84 Å². The molecule has 3 rings (SSSR count). The van der Waals surface area contributed by atoms with Crippen molar-refractivity contribution in [1.29, 1.82) is 0 Å². The number of fused-ring (bicyclic) bond motifs is 1. The smallest absolute Gasteiger partial charge is 0.139 e. The highest BCUT2D eigenvalue weighted by atomic mass is 16.3. The summed E-state index contributed by atoms with van der Waals surface area (Å²) < 4.78 is 5.68. The number of benzene rings is 1. The lowest BCUT2D eigenvalue weighted by Gasteiger charge is -1.99. The van der Waals surface area contributed by atoms with Gasteiger partial charge in [-0.1, -0.05) is 0 Å². The van der Waals surface area contributed by atoms with Gasteiger partial charge in [0.05, 0.1) is 0 Å². The van der Waals surface area contributed by atoms with Crippen LogP contribution in [0.4, 0.5) is 5.82 Å². The molecule has 0 amide bonds. The number of phenols is 1. The first kappa shape index (κ1) is 10.6. The van der Waals surface area contributed by atoms with Gasteiger partial charge in [0.25, 0.3) is 0 Å². The molecule has 0 aliphatic rings. The van der Waals surface area contributed by atoms with Crippen LogP contribution in [0.1, 0.15) is 0 Å². The third kappa shape index (κ3) is 1.76. The quantitative estimate of drug-likeness (QED) is 0.474. The molecule has 90 valence electrons. The molecular weight excluding hydrogens is 230 g/mol. The average Bonchev–Trinajstić information content (AvgIpc) is 2.81. The second kappa shape index (κ2) is 4.05. The molecule has 0 radical (unpaired) electrons. The molecule has 0 atom stereocenters. The predicted molar refractivity (Wildman–Crippen MR) is 68.9 cm³/mol. The average molecular weight is 241 g/mol. The van der Waals surface area contributed by atoms with Crippen LogP contribution in [0, 0.1) is 0 Å². The van der Waals surface area contributed by atoms with Crippen LogP contribution in [0.3, 0.4) is 0 Å². The Labute approximate surface area is 103 Å². The molecule has 0 unspecified atom stereocenters. The molecule has 0 aliphatic heterocycles. The van der Waals surface area contributed by atoms with Gasteiger partial charge >= 0.3 is 0 Å². The molecule has 0 saturated carbocycles. The van der Waals surface area contributed by atoms with E-state index in [4.69, 9.17) is 10.3 Å². The molecular formula is C13H11N3O2. The molecule has 3 aromatic rings. The summed E-state index contributed by atoms with van der Waals surface area (Å²) in [6, 6.07) is 10.5. The number of nitrogens with zero attached hydrogens (tertiary/aromatic N) is 1. The van der Waals surface area contributed by atoms with Gasteiger partial charge in [-0.25, -0.2) is 10.8 Å². The number of hydrogen-bond donors (Lipinski definition) is 3. The lowest BCUT2D eigenvalue weighted by Crippen LogP contribution is -2.07. The van der Waals surface area contributed by atoms with Gasteiger partial charge in [-0.15, -0.1) is 0 Å². The number of hydrazine groups is 1. The maximum Gasteiger partial charge on any atom is 0.139 e. The van der Waals surface area contributed by atoms with E-state index >= 15 is 0 Å². The van der Waals surface area contributed by atoms with Crippen LogP contribution >= 0.6 is 0 Å². The van der Waals surface area contributed by atoms with Gasteiger partial charge in [-0.3, -0.25) is 0 Å². The lowest BCUT2D eigenvalue weighted by molar-refractivity contribution is 0.476. The zero-order valence-corrected chi connectivity index (χ0v) is 9.42. The highest BCUT2D eigenvalue weighted by Gasteiger charge is 2.07. The van der Waals surface area contributed by atoms with E-state index in [1.165, 1.54) is 0 Å². The molecule has 1 aromatic carbocycles. The van der Waals surface area contributed by atoms with E-state index < -0.39 is 0 Å². The van der Waals surface area contributed by atoms with Crippen LogP contribution in [-0.4, -0.2) is 10.1 Å². The molecule has 0 spiro atoms. The summed E-state index contributed by atoms with van der Waals surface area (Å²) in [6.45, 7) is 0. The van der Waals surface area contributed by atoms with Gasteiger partial charge in [0, 0.05) is 17.1 Å². The predicted octanol–water partition coefficient (Wildman–Crippen LogP) is 2.49. The van der Waals surface area contributed by atoms with Crippen molar-refractivity contribution in [1.82, 2.24) is 4.98 Å². The number of pyridine rings is 1. The molecule has 0 saturated heterocycles. The number of nitrogen functional groups attached to an aromatic ring is 1. The van der Waals surface area contributed by atoms with Gasteiger partial charge in [0.2, 0.25) is 0 Å². The second-order valence-corrected chi connectivity index (χ2v) is 3.91. The molecule has 5 nitrogen and oxygen atoms in total. The second-order valence-electron chi connectivity index (χ2n) is 3.91. The number of nitrogens with one attached hydrogen (secondary N) is 1. The van der Waals surface area contributed by atoms with Crippen molar-refractivity contribution in [3.8, 4) is 17.1 Å². The Morgan fingerprint density at radius 3 is 2.78 bits per heavy atom. The Morgan fingerprint density at radius 2 is 2.06 bits per heavy atom. The number of phenolic OH excluding ortho intramolecular Hbond substituents is 1. The Bertz CT molecular complexity index is 689. The Balaban J connectivity index is 2.07. The summed E-state index contributed by atoms with van der Waals surface area (Å²) in [5, 5.41) is 10.3. The van der Waals surface area contributed by atoms with E-state index in [1.54, 1.807) is 30.5 Å². The van der Waals surface area contributed by atoms with Crippen LogP contribution in [0.25, 0.3) is 22.3 Å². The van der Waals surface area contributed by atoms with Crippen molar-refractivity contribution >= 4 is 16.8 Å². The SMILES string of the molecule is NNc1ccc(-c2cc3cc(O)ccc3o2)cn1. The summed E-state index contributed by atoms with van der Waals surface area (Å²) in [4.78, 5) is 4.12. The van der Waals surface area contributed by atoms with Crippen LogP contribution in [0.2, 0.25) is 0 Å². The lowest BCUT2D eigenvalue weighted by atomic mass is 10.2. The Hall–Kier alpha value is -2.53. The Kier molecular flexibility index (Phi) is 2.39. The van der Waals surface area contributed by atoms with Crippen LogP contribution in [-0.2, 0) is 0 Å². The minimum atomic E-state index is 0.218. The maximum absolute atomic E-state index is 9.40. The van der Waals surface area contributed by atoms with Crippen LogP contribution < -0.4 is 11.3 Å². The fraction of sp³-hybridized carbons (Fsp3) is 0. The minimum Gasteiger partial charge on any atom is -0.508 e. The van der Waals surface area contributed by atoms with Gasteiger partial charge in [-0.05, 0) is 36.4 Å². The summed E-state index contributed by atoms with van der Waals surface area (Å²) >= 11 is 0. The first-order valence-corrected chi connectivity index (χ1v) is 5.42. The number of hydrogen-bond acceptors (Lipinski definition) is 5. The van der Waals surface area contributed by atoms with Gasteiger partial charge in [0.1, 0.15) is 22.9 Å². The maximum atomic E-state index is 9.40. The van der Waals surface area contributed by atoms with Crippen molar-refractivity contribution in [2.75, 3.05) is 5.43 Å². The summed E-state index contributed by atoms with van der Waals surface area (Å²) in [5.74, 6) is 6.76. The van der Waals surface area contributed by atoms with E-state index in [2.05, 4.69) is 10.4 Å². The van der Waals surface area contributed by atoms with Crippen LogP contribution in [0.5, 0.6) is 5.75 Å². The first-order valence-electron chi connectivity index (χ1n) is 5.42. The largest absolute Gasteiger partial charge is 0.508 e. The third-order valence-electron chi connectivity index (χ3n) is 2.70. The summed E-state index contributed by atoms with van der Waals surface area (Å²) in [6.07, 6.45) is 1.67. The monoisotopic (exact) mass is 241 g/mol. The standard InChI is InChI=1S/C13H11N3O2/c14-16-13-4-1-8(7-15-13)12-6-9-5-10(17)2-3-11(9)18-12/h1-7,17H,14H2,(H,15,16).